The maximum atomic E-state index is 12.8. The Kier molecular flexibility index (Phi) is 4.41. The van der Waals surface area contributed by atoms with Gasteiger partial charge in [0.15, 0.2) is 0 Å². The molecule has 0 bridgehead atoms. The maximum absolute atomic E-state index is 12.8. The summed E-state index contributed by atoms with van der Waals surface area (Å²) in [6, 6.07) is 28.1. The number of rotatable bonds is 4. The predicted molar refractivity (Wildman–Crippen MR) is 112 cm³/mol. The van der Waals surface area contributed by atoms with E-state index < -0.39 is 0 Å². The third kappa shape index (κ3) is 3.43. The third-order valence-electron chi connectivity index (χ3n) is 5.34. The van der Waals surface area contributed by atoms with Crippen LogP contribution in [0.1, 0.15) is 16.4 Å². The summed E-state index contributed by atoms with van der Waals surface area (Å²) < 4.78 is 1.87. The minimum absolute atomic E-state index is 0.0595. The Balaban J connectivity index is 1.23. The van der Waals surface area contributed by atoms with Crippen LogP contribution in [0.4, 0.5) is 0 Å². The van der Waals surface area contributed by atoms with Crippen LogP contribution in [-0.2, 0) is 0 Å². The van der Waals surface area contributed by atoms with Crippen molar-refractivity contribution in [2.75, 3.05) is 13.1 Å². The van der Waals surface area contributed by atoms with Crippen molar-refractivity contribution in [1.82, 2.24) is 19.9 Å². The number of aromatic nitrogens is 3. The molecule has 0 aliphatic carbocycles. The zero-order valence-electron chi connectivity index (χ0n) is 15.8. The Labute approximate surface area is 169 Å². The van der Waals surface area contributed by atoms with E-state index in [1.165, 1.54) is 0 Å². The number of carbonyl (C=O) groups is 1. The molecule has 1 aromatic heterocycles. The van der Waals surface area contributed by atoms with Gasteiger partial charge in [-0.05, 0) is 23.3 Å². The molecule has 0 atom stereocenters. The van der Waals surface area contributed by atoms with E-state index >= 15 is 0 Å². The highest BCUT2D eigenvalue weighted by Gasteiger charge is 2.33. The van der Waals surface area contributed by atoms with Crippen molar-refractivity contribution in [3.05, 3.63) is 96.7 Å². The van der Waals surface area contributed by atoms with Gasteiger partial charge < -0.3 is 4.90 Å². The van der Waals surface area contributed by atoms with Crippen molar-refractivity contribution in [3.8, 4) is 22.4 Å². The summed E-state index contributed by atoms with van der Waals surface area (Å²) in [5.41, 5.74) is 4.87. The highest BCUT2D eigenvalue weighted by molar-refractivity contribution is 5.95. The highest BCUT2D eigenvalue weighted by Crippen LogP contribution is 2.26. The molecular formula is C24H20N4O. The van der Waals surface area contributed by atoms with Gasteiger partial charge in [0.2, 0.25) is 0 Å². The van der Waals surface area contributed by atoms with Crippen molar-refractivity contribution in [2.45, 2.75) is 6.04 Å². The molecular weight excluding hydrogens is 360 g/mol. The van der Waals surface area contributed by atoms with Crippen molar-refractivity contribution < 1.29 is 4.79 Å². The van der Waals surface area contributed by atoms with E-state index in [4.69, 9.17) is 0 Å². The molecule has 29 heavy (non-hydrogen) atoms. The van der Waals surface area contributed by atoms with Gasteiger partial charge in [-0.3, -0.25) is 4.79 Å². The number of amides is 1. The minimum Gasteiger partial charge on any atom is -0.334 e. The zero-order chi connectivity index (χ0) is 19.6. The lowest BCUT2D eigenvalue weighted by Gasteiger charge is -2.38. The molecule has 3 aromatic carbocycles. The van der Waals surface area contributed by atoms with Crippen LogP contribution < -0.4 is 0 Å². The largest absolute Gasteiger partial charge is 0.334 e. The van der Waals surface area contributed by atoms with Crippen LogP contribution in [0.5, 0.6) is 0 Å². The molecule has 5 rings (SSSR count). The van der Waals surface area contributed by atoms with E-state index in [1.54, 1.807) is 0 Å². The average Bonchev–Trinajstić information content (AvgIpc) is 3.24. The van der Waals surface area contributed by atoms with Gasteiger partial charge in [0, 0.05) is 24.2 Å². The standard InChI is InChI=1S/C24H20N4O/c29-24(21-13-11-19(12-14-21)18-7-3-1-4-8-18)27-15-22(16-27)28-17-23(25-26-28)20-9-5-2-6-10-20/h1-14,17,22H,15-16H2. The quantitative estimate of drug-likeness (QED) is 0.530. The molecule has 1 aliphatic rings. The van der Waals surface area contributed by atoms with Crippen LogP contribution in [0.25, 0.3) is 22.4 Å². The Morgan fingerprint density at radius 2 is 1.34 bits per heavy atom. The molecule has 1 aliphatic heterocycles. The van der Waals surface area contributed by atoms with Crippen molar-refractivity contribution in [2.24, 2.45) is 0 Å². The lowest BCUT2D eigenvalue weighted by atomic mass is 10.0. The van der Waals surface area contributed by atoms with E-state index in [0.717, 1.165) is 22.4 Å². The summed E-state index contributed by atoms with van der Waals surface area (Å²) in [6.07, 6.45) is 1.95. The molecule has 2 heterocycles. The second kappa shape index (κ2) is 7.36. The van der Waals surface area contributed by atoms with Crippen LogP contribution >= 0.6 is 0 Å². The van der Waals surface area contributed by atoms with E-state index in [0.29, 0.717) is 18.7 Å². The molecule has 0 radical (unpaired) electrons. The van der Waals surface area contributed by atoms with Gasteiger partial charge in [0.25, 0.3) is 5.91 Å². The van der Waals surface area contributed by atoms with E-state index in [2.05, 4.69) is 22.4 Å². The Hall–Kier alpha value is -3.73. The zero-order valence-corrected chi connectivity index (χ0v) is 15.8. The second-order valence-corrected chi connectivity index (χ2v) is 7.26. The summed E-state index contributed by atoms with van der Waals surface area (Å²) in [5.74, 6) is 0.0595. The van der Waals surface area contributed by atoms with E-state index in [9.17, 15) is 4.79 Å². The summed E-state index contributed by atoms with van der Waals surface area (Å²) in [4.78, 5) is 14.6. The van der Waals surface area contributed by atoms with Crippen LogP contribution in [0, 0.1) is 0 Å². The molecule has 0 spiro atoms. The van der Waals surface area contributed by atoms with Gasteiger partial charge in [-0.15, -0.1) is 5.10 Å². The molecule has 5 nitrogen and oxygen atoms in total. The molecule has 142 valence electrons. The van der Waals surface area contributed by atoms with Crippen LogP contribution in [0.2, 0.25) is 0 Å². The molecule has 5 heteroatoms. The van der Waals surface area contributed by atoms with Crippen LogP contribution in [0.15, 0.2) is 91.1 Å². The topological polar surface area (TPSA) is 51.0 Å². The summed E-state index contributed by atoms with van der Waals surface area (Å²) >= 11 is 0. The number of benzene rings is 3. The first-order valence-electron chi connectivity index (χ1n) is 9.70. The van der Waals surface area contributed by atoms with Crippen LogP contribution in [-0.4, -0.2) is 38.9 Å². The smallest absolute Gasteiger partial charge is 0.253 e. The Bertz CT molecular complexity index is 1110. The fraction of sp³-hybridized carbons (Fsp3) is 0.125. The monoisotopic (exact) mass is 380 g/mol. The number of hydrogen-bond donors (Lipinski definition) is 0. The van der Waals surface area contributed by atoms with Gasteiger partial charge in [-0.1, -0.05) is 78.0 Å². The number of hydrogen-bond acceptors (Lipinski definition) is 3. The van der Waals surface area contributed by atoms with Gasteiger partial charge in [0.05, 0.1) is 12.2 Å². The summed E-state index contributed by atoms with van der Waals surface area (Å²) in [7, 11) is 0. The molecule has 1 amide bonds. The molecule has 0 saturated carbocycles. The van der Waals surface area contributed by atoms with Crippen molar-refractivity contribution in [1.29, 1.82) is 0 Å². The van der Waals surface area contributed by atoms with Gasteiger partial charge in [0.1, 0.15) is 5.69 Å². The number of carbonyl (C=O) groups excluding carboxylic acids is 1. The number of nitrogens with zero attached hydrogens (tertiary/aromatic N) is 4. The molecule has 0 unspecified atom stereocenters. The minimum atomic E-state index is 0.0595. The third-order valence-corrected chi connectivity index (χ3v) is 5.34. The number of likely N-dealkylation sites (tertiary alicyclic amines) is 1. The van der Waals surface area contributed by atoms with Gasteiger partial charge in [-0.25, -0.2) is 4.68 Å². The molecule has 1 saturated heterocycles. The van der Waals surface area contributed by atoms with Crippen molar-refractivity contribution >= 4 is 5.91 Å². The lowest BCUT2D eigenvalue weighted by Crippen LogP contribution is -2.50. The van der Waals surface area contributed by atoms with Gasteiger partial charge in [-0.2, -0.15) is 0 Å². The second-order valence-electron chi connectivity index (χ2n) is 7.26. The fourth-order valence-electron chi connectivity index (χ4n) is 3.60. The van der Waals surface area contributed by atoms with Crippen molar-refractivity contribution in [3.63, 3.8) is 0 Å². The molecule has 1 fully saturated rings. The van der Waals surface area contributed by atoms with Gasteiger partial charge >= 0.3 is 0 Å². The first-order chi connectivity index (χ1) is 14.3. The SMILES string of the molecule is O=C(c1ccc(-c2ccccc2)cc1)N1CC(n2cc(-c3ccccc3)nn2)C1. The molecule has 4 aromatic rings. The summed E-state index contributed by atoms with van der Waals surface area (Å²) in [6.45, 7) is 1.30. The fourth-order valence-corrected chi connectivity index (χ4v) is 3.60. The van der Waals surface area contributed by atoms with Crippen LogP contribution in [0.3, 0.4) is 0 Å². The normalized spacial score (nSPS) is 13.9. The van der Waals surface area contributed by atoms with E-state index in [1.807, 2.05) is 88.6 Å². The predicted octanol–water partition coefficient (Wildman–Crippen LogP) is 4.31. The first kappa shape index (κ1) is 17.4. The first-order valence-corrected chi connectivity index (χ1v) is 9.70. The van der Waals surface area contributed by atoms with E-state index in [-0.39, 0.29) is 11.9 Å². The Morgan fingerprint density at radius 3 is 2.00 bits per heavy atom. The summed E-state index contributed by atoms with van der Waals surface area (Å²) in [5, 5.41) is 8.52. The highest BCUT2D eigenvalue weighted by atomic mass is 16.2. The maximum Gasteiger partial charge on any atom is 0.253 e. The molecule has 0 N–H and O–H groups in total. The average molecular weight is 380 g/mol. The lowest BCUT2D eigenvalue weighted by molar-refractivity contribution is 0.0498. The Morgan fingerprint density at radius 1 is 0.759 bits per heavy atom.